The normalized spacial score (nSPS) is 10.7. The lowest BCUT2D eigenvalue weighted by Crippen LogP contribution is -2.04. The number of hydrogen-bond acceptors (Lipinski definition) is 0. The van der Waals surface area contributed by atoms with E-state index in [1.54, 1.807) is 0 Å². The molecule has 0 aliphatic heterocycles. The Bertz CT molecular complexity index is 629. The van der Waals surface area contributed by atoms with Crippen molar-refractivity contribution >= 4 is 0 Å². The molecule has 0 aliphatic carbocycles. The molecule has 0 aliphatic rings. The first-order valence-corrected chi connectivity index (χ1v) is 7.01. The fourth-order valence-corrected chi connectivity index (χ4v) is 2.75. The first-order valence-electron chi connectivity index (χ1n) is 7.01. The van der Waals surface area contributed by atoms with Crippen molar-refractivity contribution in [3.63, 3.8) is 0 Å². The lowest BCUT2D eigenvalue weighted by molar-refractivity contribution is 0.963. The van der Waals surface area contributed by atoms with Gasteiger partial charge < -0.3 is 0 Å². The Morgan fingerprint density at radius 1 is 0.550 bits per heavy atom. The van der Waals surface area contributed by atoms with Crippen molar-refractivity contribution in [1.82, 2.24) is 0 Å². The van der Waals surface area contributed by atoms with Crippen molar-refractivity contribution in [2.75, 3.05) is 0 Å². The van der Waals surface area contributed by atoms with E-state index < -0.39 is 0 Å². The van der Waals surface area contributed by atoms with Crippen molar-refractivity contribution in [2.45, 2.75) is 12.8 Å². The number of benzene rings is 3. The van der Waals surface area contributed by atoms with Crippen molar-refractivity contribution in [3.8, 4) is 0 Å². The third-order valence-electron chi connectivity index (χ3n) is 3.77. The van der Waals surface area contributed by atoms with E-state index in [-0.39, 0.29) is 0 Å². The van der Waals surface area contributed by atoms with Gasteiger partial charge >= 0.3 is 0 Å². The van der Waals surface area contributed by atoms with Crippen molar-refractivity contribution in [3.05, 3.63) is 107 Å². The number of rotatable bonds is 3. The molecule has 0 nitrogen and oxygen atoms in total. The van der Waals surface area contributed by atoms with Crippen LogP contribution in [0.25, 0.3) is 0 Å². The maximum Gasteiger partial charge on any atom is 0.0342 e. The van der Waals surface area contributed by atoms with Crippen molar-refractivity contribution in [2.24, 2.45) is 0 Å². The Morgan fingerprint density at radius 3 is 1.50 bits per heavy atom. The summed E-state index contributed by atoms with van der Waals surface area (Å²) in [4.78, 5) is 0. The van der Waals surface area contributed by atoms with Gasteiger partial charge in [0.15, 0.2) is 0 Å². The molecular weight excluding hydrogens is 240 g/mol. The Morgan fingerprint density at radius 2 is 1.00 bits per heavy atom. The molecule has 3 rings (SSSR count). The van der Waals surface area contributed by atoms with Crippen LogP contribution in [0.4, 0.5) is 0 Å². The maximum atomic E-state index is 2.24. The second kappa shape index (κ2) is 5.75. The van der Waals surface area contributed by atoms with Gasteiger partial charge in [-0.3, -0.25) is 0 Å². The van der Waals surface area contributed by atoms with Gasteiger partial charge in [0.1, 0.15) is 0 Å². The molecule has 0 fully saturated rings. The molecule has 0 aromatic heterocycles. The summed E-state index contributed by atoms with van der Waals surface area (Å²) in [6.45, 7) is 2.19. The van der Waals surface area contributed by atoms with Crippen LogP contribution in [0.2, 0.25) is 0 Å². The molecule has 0 heteroatoms. The maximum absolute atomic E-state index is 2.24. The second-order valence-corrected chi connectivity index (χ2v) is 5.11. The average Bonchev–Trinajstić information content (AvgIpc) is 2.52. The van der Waals surface area contributed by atoms with Crippen LogP contribution in [0.3, 0.4) is 0 Å². The summed E-state index contributed by atoms with van der Waals surface area (Å²) in [5.74, 6) is 0.304. The molecule has 3 aromatic rings. The molecule has 20 heavy (non-hydrogen) atoms. The van der Waals surface area contributed by atoms with Gasteiger partial charge in [-0.05, 0) is 29.2 Å². The summed E-state index contributed by atoms with van der Waals surface area (Å²) in [6, 6.07) is 30.1. The van der Waals surface area contributed by atoms with Crippen LogP contribution in [0, 0.1) is 6.92 Å². The molecule has 0 heterocycles. The van der Waals surface area contributed by atoms with Crippen LogP contribution < -0.4 is 0 Å². The van der Waals surface area contributed by atoms with Crippen LogP contribution >= 0.6 is 0 Å². The molecule has 0 radical (unpaired) electrons. The van der Waals surface area contributed by atoms with E-state index >= 15 is 0 Å². The predicted molar refractivity (Wildman–Crippen MR) is 85.0 cm³/mol. The zero-order chi connectivity index (χ0) is 13.8. The second-order valence-electron chi connectivity index (χ2n) is 5.11. The van der Waals surface area contributed by atoms with Crippen molar-refractivity contribution < 1.29 is 0 Å². The fourth-order valence-electron chi connectivity index (χ4n) is 2.75. The monoisotopic (exact) mass is 258 g/mol. The lowest BCUT2D eigenvalue weighted by atomic mass is 9.83. The van der Waals surface area contributed by atoms with E-state index in [2.05, 4.69) is 91.9 Å². The van der Waals surface area contributed by atoms with Crippen LogP contribution in [0.1, 0.15) is 28.2 Å². The molecule has 98 valence electrons. The minimum absolute atomic E-state index is 0.304. The van der Waals surface area contributed by atoms with Gasteiger partial charge in [-0.25, -0.2) is 0 Å². The van der Waals surface area contributed by atoms with Gasteiger partial charge in [-0.15, -0.1) is 0 Å². The van der Waals surface area contributed by atoms with Crippen LogP contribution in [-0.4, -0.2) is 0 Å². The van der Waals surface area contributed by atoms with Gasteiger partial charge in [-0.2, -0.15) is 0 Å². The summed E-state index contributed by atoms with van der Waals surface area (Å²) in [5, 5.41) is 0. The summed E-state index contributed by atoms with van der Waals surface area (Å²) in [7, 11) is 0. The highest BCUT2D eigenvalue weighted by Crippen LogP contribution is 2.33. The summed E-state index contributed by atoms with van der Waals surface area (Å²) in [5.41, 5.74) is 5.40. The Balaban J connectivity index is 2.17. The number of hydrogen-bond donors (Lipinski definition) is 0. The molecule has 0 atom stereocenters. The zero-order valence-corrected chi connectivity index (χ0v) is 11.7. The molecule has 0 saturated carbocycles. The van der Waals surface area contributed by atoms with E-state index in [4.69, 9.17) is 0 Å². The van der Waals surface area contributed by atoms with Crippen LogP contribution in [0.5, 0.6) is 0 Å². The van der Waals surface area contributed by atoms with Crippen molar-refractivity contribution in [1.29, 1.82) is 0 Å². The van der Waals surface area contributed by atoms with Crippen LogP contribution in [0.15, 0.2) is 84.9 Å². The minimum Gasteiger partial charge on any atom is -0.0622 e. The van der Waals surface area contributed by atoms with Gasteiger partial charge in [0.05, 0.1) is 0 Å². The van der Waals surface area contributed by atoms with Crippen LogP contribution in [-0.2, 0) is 0 Å². The molecule has 0 unspecified atom stereocenters. The first-order chi connectivity index (χ1) is 9.86. The molecule has 0 amide bonds. The smallest absolute Gasteiger partial charge is 0.0342 e. The molecule has 0 spiro atoms. The third kappa shape index (κ3) is 2.50. The average molecular weight is 258 g/mol. The molecular formula is C20H18. The lowest BCUT2D eigenvalue weighted by Gasteiger charge is -2.20. The van der Waals surface area contributed by atoms with E-state index in [1.807, 2.05) is 0 Å². The standard InChI is InChI=1S/C20H18/c1-16-10-8-9-15-19(16)20(17-11-4-2-5-12-17)18-13-6-3-7-14-18/h2-15,20H,1H3. The van der Waals surface area contributed by atoms with Gasteiger partial charge in [0, 0.05) is 5.92 Å². The van der Waals surface area contributed by atoms with Gasteiger partial charge in [-0.1, -0.05) is 84.9 Å². The highest BCUT2D eigenvalue weighted by atomic mass is 14.2. The minimum atomic E-state index is 0.304. The SMILES string of the molecule is Cc1ccccc1C(c1ccccc1)c1ccccc1. The molecule has 0 saturated heterocycles. The number of aryl methyl sites for hydroxylation is 1. The first kappa shape index (κ1) is 12.7. The quantitative estimate of drug-likeness (QED) is 0.568. The molecule has 3 aromatic carbocycles. The fraction of sp³-hybridized carbons (Fsp3) is 0.100. The topological polar surface area (TPSA) is 0 Å². The molecule has 0 bridgehead atoms. The largest absolute Gasteiger partial charge is 0.0622 e. The summed E-state index contributed by atoms with van der Waals surface area (Å²) in [6.07, 6.45) is 0. The summed E-state index contributed by atoms with van der Waals surface area (Å²) >= 11 is 0. The van der Waals surface area contributed by atoms with Gasteiger partial charge in [0.2, 0.25) is 0 Å². The highest BCUT2D eigenvalue weighted by molar-refractivity contribution is 5.45. The Labute approximate surface area is 120 Å². The van der Waals surface area contributed by atoms with E-state index in [0.29, 0.717) is 5.92 Å². The Hall–Kier alpha value is -2.34. The van der Waals surface area contributed by atoms with E-state index in [9.17, 15) is 0 Å². The summed E-state index contributed by atoms with van der Waals surface area (Å²) < 4.78 is 0. The highest BCUT2D eigenvalue weighted by Gasteiger charge is 2.17. The molecule has 0 N–H and O–H groups in total. The van der Waals surface area contributed by atoms with Gasteiger partial charge in [0.25, 0.3) is 0 Å². The Kier molecular flexibility index (Phi) is 3.64. The zero-order valence-electron chi connectivity index (χ0n) is 11.7. The van der Waals surface area contributed by atoms with E-state index in [0.717, 1.165) is 0 Å². The van der Waals surface area contributed by atoms with E-state index in [1.165, 1.54) is 22.3 Å². The predicted octanol–water partition coefficient (Wildman–Crippen LogP) is 5.18. The third-order valence-corrected chi connectivity index (χ3v) is 3.77.